The Hall–Kier alpha value is -0.120. The smallest absolute Gasteiger partial charge is 0.0769 e. The van der Waals surface area contributed by atoms with Gasteiger partial charge in [0.15, 0.2) is 0 Å². The van der Waals surface area contributed by atoms with Gasteiger partial charge in [-0.2, -0.15) is 0 Å². The molecule has 0 radical (unpaired) electrons. The number of hydrogen-bond donors (Lipinski definition) is 2. The average Bonchev–Trinajstić information content (AvgIpc) is 2.31. The molecule has 0 aromatic heterocycles. The third kappa shape index (κ3) is 4.57. The summed E-state index contributed by atoms with van der Waals surface area (Å²) in [6.07, 6.45) is 5.85. The van der Waals surface area contributed by atoms with Gasteiger partial charge in [0.25, 0.3) is 0 Å². The van der Waals surface area contributed by atoms with E-state index in [0.717, 1.165) is 38.8 Å². The van der Waals surface area contributed by atoms with Crippen LogP contribution in [0.1, 0.15) is 59.3 Å². The van der Waals surface area contributed by atoms with E-state index < -0.39 is 5.60 Å². The highest BCUT2D eigenvalue weighted by Gasteiger charge is 2.31. The van der Waals surface area contributed by atoms with Crippen LogP contribution in [0.3, 0.4) is 0 Å². The van der Waals surface area contributed by atoms with Gasteiger partial charge in [0.2, 0.25) is 0 Å². The van der Waals surface area contributed by atoms with Gasteiger partial charge in [0.1, 0.15) is 0 Å². The lowest BCUT2D eigenvalue weighted by molar-refractivity contribution is -0.0294. The number of nitrogens with zero attached hydrogens (tertiary/aromatic N) is 1. The van der Waals surface area contributed by atoms with Crippen molar-refractivity contribution < 1.29 is 10.2 Å². The van der Waals surface area contributed by atoms with Gasteiger partial charge in [-0.05, 0) is 45.6 Å². The molecular formula is C14H29NO2. The number of piperidine rings is 1. The van der Waals surface area contributed by atoms with Gasteiger partial charge in [-0.3, -0.25) is 4.90 Å². The number of rotatable bonds is 6. The molecule has 0 saturated carbocycles. The zero-order valence-corrected chi connectivity index (χ0v) is 11.7. The molecule has 1 heterocycles. The maximum Gasteiger partial charge on any atom is 0.0769 e. The van der Waals surface area contributed by atoms with Crippen LogP contribution in [0.4, 0.5) is 0 Å². The molecule has 0 aromatic rings. The van der Waals surface area contributed by atoms with E-state index in [1.807, 2.05) is 6.92 Å². The standard InChI is InChI=1S/C14H29NO2/c1-4-14(17,5-2)11-15-9-7-6-8-13(15)10-12(3)16/h12-13,16-17H,4-11H2,1-3H3. The van der Waals surface area contributed by atoms with Gasteiger partial charge in [0.05, 0.1) is 11.7 Å². The van der Waals surface area contributed by atoms with Crippen molar-refractivity contribution in [1.82, 2.24) is 4.90 Å². The van der Waals surface area contributed by atoms with E-state index in [9.17, 15) is 10.2 Å². The van der Waals surface area contributed by atoms with Crippen LogP contribution in [0.25, 0.3) is 0 Å². The Morgan fingerprint density at radius 2 is 1.94 bits per heavy atom. The largest absolute Gasteiger partial charge is 0.393 e. The zero-order chi connectivity index (χ0) is 12.9. The van der Waals surface area contributed by atoms with Crippen LogP contribution in [0.2, 0.25) is 0 Å². The Morgan fingerprint density at radius 1 is 1.29 bits per heavy atom. The first-order valence-electron chi connectivity index (χ1n) is 7.15. The molecule has 102 valence electrons. The third-order valence-electron chi connectivity index (χ3n) is 4.18. The lowest BCUT2D eigenvalue weighted by Gasteiger charge is -2.41. The minimum absolute atomic E-state index is 0.239. The van der Waals surface area contributed by atoms with Crippen molar-refractivity contribution in [2.24, 2.45) is 0 Å². The zero-order valence-electron chi connectivity index (χ0n) is 11.7. The highest BCUT2D eigenvalue weighted by Crippen LogP contribution is 2.25. The van der Waals surface area contributed by atoms with Crippen LogP contribution in [0.5, 0.6) is 0 Å². The Bertz CT molecular complexity index is 214. The van der Waals surface area contributed by atoms with Crippen molar-refractivity contribution in [1.29, 1.82) is 0 Å². The molecule has 1 saturated heterocycles. The quantitative estimate of drug-likeness (QED) is 0.751. The van der Waals surface area contributed by atoms with Crippen LogP contribution >= 0.6 is 0 Å². The summed E-state index contributed by atoms with van der Waals surface area (Å²) in [4.78, 5) is 2.39. The molecular weight excluding hydrogens is 214 g/mol. The molecule has 2 unspecified atom stereocenters. The molecule has 0 amide bonds. The number of aliphatic hydroxyl groups excluding tert-OH is 1. The second-order valence-corrected chi connectivity index (χ2v) is 5.64. The molecule has 1 aliphatic rings. The van der Waals surface area contributed by atoms with Crippen LogP contribution in [-0.4, -0.2) is 45.9 Å². The molecule has 3 heteroatoms. The van der Waals surface area contributed by atoms with Crippen LogP contribution in [-0.2, 0) is 0 Å². The van der Waals surface area contributed by atoms with Crippen LogP contribution in [0.15, 0.2) is 0 Å². The summed E-state index contributed by atoms with van der Waals surface area (Å²) in [6, 6.07) is 0.452. The van der Waals surface area contributed by atoms with E-state index in [0.29, 0.717) is 6.04 Å². The van der Waals surface area contributed by atoms with E-state index in [1.165, 1.54) is 12.8 Å². The molecule has 1 fully saturated rings. The maximum atomic E-state index is 10.4. The number of hydrogen-bond acceptors (Lipinski definition) is 3. The fraction of sp³-hybridized carbons (Fsp3) is 1.00. The average molecular weight is 243 g/mol. The number of likely N-dealkylation sites (tertiary alicyclic amines) is 1. The van der Waals surface area contributed by atoms with E-state index >= 15 is 0 Å². The molecule has 2 N–H and O–H groups in total. The molecule has 0 aromatic carbocycles. The summed E-state index contributed by atoms with van der Waals surface area (Å²) < 4.78 is 0. The Kier molecular flexibility index (Phi) is 5.90. The lowest BCUT2D eigenvalue weighted by atomic mass is 9.91. The SMILES string of the molecule is CCC(O)(CC)CN1CCCCC1CC(C)O. The van der Waals surface area contributed by atoms with E-state index in [1.54, 1.807) is 0 Å². The van der Waals surface area contributed by atoms with E-state index in [4.69, 9.17) is 0 Å². The van der Waals surface area contributed by atoms with Crippen LogP contribution < -0.4 is 0 Å². The normalized spacial score (nSPS) is 24.9. The lowest BCUT2D eigenvalue weighted by Crippen LogP contribution is -2.49. The molecule has 1 rings (SSSR count). The Morgan fingerprint density at radius 3 is 2.47 bits per heavy atom. The first kappa shape index (κ1) is 14.9. The van der Waals surface area contributed by atoms with Crippen molar-refractivity contribution in [2.75, 3.05) is 13.1 Å². The van der Waals surface area contributed by atoms with E-state index in [-0.39, 0.29) is 6.10 Å². The number of β-amino-alcohol motifs (C(OH)–C–C–N with tert-alkyl or cyclic N) is 1. The molecule has 2 atom stereocenters. The summed E-state index contributed by atoms with van der Waals surface area (Å²) in [7, 11) is 0. The highest BCUT2D eigenvalue weighted by atomic mass is 16.3. The van der Waals surface area contributed by atoms with Crippen molar-refractivity contribution >= 4 is 0 Å². The molecule has 0 aliphatic carbocycles. The number of aliphatic hydroxyl groups is 2. The Balaban J connectivity index is 2.58. The fourth-order valence-electron chi connectivity index (χ4n) is 2.78. The summed E-state index contributed by atoms with van der Waals surface area (Å²) >= 11 is 0. The van der Waals surface area contributed by atoms with Crippen molar-refractivity contribution in [3.8, 4) is 0 Å². The second-order valence-electron chi connectivity index (χ2n) is 5.64. The van der Waals surface area contributed by atoms with E-state index in [2.05, 4.69) is 18.7 Å². The molecule has 0 spiro atoms. The van der Waals surface area contributed by atoms with Gasteiger partial charge in [-0.25, -0.2) is 0 Å². The summed E-state index contributed by atoms with van der Waals surface area (Å²) in [6.45, 7) is 7.80. The predicted octanol–water partition coefficient (Wildman–Crippen LogP) is 2.16. The summed E-state index contributed by atoms with van der Waals surface area (Å²) in [5.41, 5.74) is -0.547. The third-order valence-corrected chi connectivity index (χ3v) is 4.18. The maximum absolute atomic E-state index is 10.4. The summed E-state index contributed by atoms with van der Waals surface area (Å²) in [5.74, 6) is 0. The van der Waals surface area contributed by atoms with Gasteiger partial charge in [-0.1, -0.05) is 20.3 Å². The highest BCUT2D eigenvalue weighted by molar-refractivity contribution is 4.86. The first-order chi connectivity index (χ1) is 8.00. The molecule has 3 nitrogen and oxygen atoms in total. The minimum Gasteiger partial charge on any atom is -0.393 e. The van der Waals surface area contributed by atoms with Crippen molar-refractivity contribution in [3.05, 3.63) is 0 Å². The van der Waals surface area contributed by atoms with Gasteiger partial charge in [0, 0.05) is 12.6 Å². The predicted molar refractivity (Wildman–Crippen MR) is 71.0 cm³/mol. The minimum atomic E-state index is -0.547. The molecule has 0 bridgehead atoms. The first-order valence-corrected chi connectivity index (χ1v) is 7.15. The van der Waals surface area contributed by atoms with Gasteiger partial charge in [-0.15, -0.1) is 0 Å². The van der Waals surface area contributed by atoms with Crippen LogP contribution in [0, 0.1) is 0 Å². The Labute approximate surface area is 106 Å². The summed E-state index contributed by atoms with van der Waals surface area (Å²) in [5, 5.41) is 20.0. The van der Waals surface area contributed by atoms with Gasteiger partial charge < -0.3 is 10.2 Å². The second kappa shape index (κ2) is 6.72. The fourth-order valence-corrected chi connectivity index (χ4v) is 2.78. The van der Waals surface area contributed by atoms with Gasteiger partial charge >= 0.3 is 0 Å². The molecule has 17 heavy (non-hydrogen) atoms. The monoisotopic (exact) mass is 243 g/mol. The van der Waals surface area contributed by atoms with Crippen molar-refractivity contribution in [2.45, 2.75) is 77.0 Å². The topological polar surface area (TPSA) is 43.7 Å². The molecule has 1 aliphatic heterocycles. The van der Waals surface area contributed by atoms with Crippen molar-refractivity contribution in [3.63, 3.8) is 0 Å².